The molecule has 0 saturated heterocycles. The van der Waals surface area contributed by atoms with E-state index in [4.69, 9.17) is 18.9 Å². The monoisotopic (exact) mass is 324 g/mol. The molecule has 0 saturated carbocycles. The number of methoxy groups -OCH3 is 1. The molecule has 23 heavy (non-hydrogen) atoms. The van der Waals surface area contributed by atoms with E-state index < -0.39 is 0 Å². The Morgan fingerprint density at radius 1 is 0.870 bits per heavy atom. The van der Waals surface area contributed by atoms with Crippen LogP contribution in [-0.2, 0) is 19.0 Å². The zero-order valence-corrected chi connectivity index (χ0v) is 13.7. The molecule has 0 amide bonds. The van der Waals surface area contributed by atoms with Crippen molar-refractivity contribution in [3.05, 3.63) is 29.8 Å². The summed E-state index contributed by atoms with van der Waals surface area (Å²) in [6.45, 7) is 4.44. The molecule has 0 fully saturated rings. The largest absolute Gasteiger partial charge is 0.491 e. The first-order chi connectivity index (χ1) is 11.1. The molecule has 0 aliphatic carbocycles. The lowest BCUT2D eigenvalue weighted by Gasteiger charge is -2.08. The zero-order chi connectivity index (χ0) is 16.9. The molecular weight excluding hydrogens is 300 g/mol. The first-order valence-electron chi connectivity index (χ1n) is 7.53. The van der Waals surface area contributed by atoms with Gasteiger partial charge in [0.25, 0.3) is 0 Å². The Morgan fingerprint density at radius 2 is 1.43 bits per heavy atom. The maximum atomic E-state index is 11.7. The lowest BCUT2D eigenvalue weighted by Crippen LogP contribution is -2.12. The zero-order valence-electron chi connectivity index (χ0n) is 13.7. The Hall–Kier alpha value is -1.76. The van der Waals surface area contributed by atoms with Gasteiger partial charge in [-0.25, -0.2) is 0 Å². The highest BCUT2D eigenvalue weighted by atomic mass is 16.6. The number of carbonyl (C=O) groups excluding carboxylic acids is 2. The molecule has 0 bridgehead atoms. The van der Waals surface area contributed by atoms with Crippen LogP contribution in [0.4, 0.5) is 0 Å². The predicted octanol–water partition coefficient (Wildman–Crippen LogP) is 1.91. The Bertz CT molecular complexity index is 468. The second-order valence-corrected chi connectivity index (χ2v) is 4.89. The first-order valence-corrected chi connectivity index (χ1v) is 7.53. The Morgan fingerprint density at radius 3 is 2.00 bits per heavy atom. The van der Waals surface area contributed by atoms with Crippen LogP contribution in [0, 0.1) is 0 Å². The van der Waals surface area contributed by atoms with Crippen LogP contribution in [0.25, 0.3) is 0 Å². The van der Waals surface area contributed by atoms with Crippen molar-refractivity contribution in [2.45, 2.75) is 13.3 Å². The fourth-order valence-electron chi connectivity index (χ4n) is 1.75. The van der Waals surface area contributed by atoms with Gasteiger partial charge in [-0.05, 0) is 31.2 Å². The van der Waals surface area contributed by atoms with Gasteiger partial charge in [0, 0.05) is 12.7 Å². The fourth-order valence-corrected chi connectivity index (χ4v) is 1.75. The molecule has 0 radical (unpaired) electrons. The molecule has 0 atom stereocenters. The second kappa shape index (κ2) is 11.8. The van der Waals surface area contributed by atoms with Crippen molar-refractivity contribution in [1.29, 1.82) is 0 Å². The summed E-state index contributed by atoms with van der Waals surface area (Å²) in [7, 11) is 1.63. The molecule has 0 heterocycles. The molecule has 1 aromatic rings. The Labute approximate surface area is 136 Å². The van der Waals surface area contributed by atoms with Gasteiger partial charge in [-0.15, -0.1) is 0 Å². The normalized spacial score (nSPS) is 10.5. The lowest BCUT2D eigenvalue weighted by molar-refractivity contribution is -0.116. The van der Waals surface area contributed by atoms with E-state index in [1.807, 2.05) is 0 Å². The van der Waals surface area contributed by atoms with Crippen molar-refractivity contribution in [3.8, 4) is 5.75 Å². The fraction of sp³-hybridized carbons (Fsp3) is 0.529. The number of rotatable bonds is 13. The summed E-state index contributed by atoms with van der Waals surface area (Å²) in [6, 6.07) is 6.73. The minimum atomic E-state index is -0.180. The molecule has 6 nitrogen and oxygen atoms in total. The number of hydrogen-bond donors (Lipinski definition) is 0. The highest BCUT2D eigenvalue weighted by molar-refractivity contribution is 6.07. The van der Waals surface area contributed by atoms with Crippen LogP contribution in [0.2, 0.25) is 0 Å². The molecule has 128 valence electrons. The number of benzene rings is 1. The molecule has 0 unspecified atom stereocenters. The third kappa shape index (κ3) is 9.07. The van der Waals surface area contributed by atoms with E-state index in [-0.39, 0.29) is 18.0 Å². The van der Waals surface area contributed by atoms with Crippen LogP contribution in [-0.4, -0.2) is 58.3 Å². The average Bonchev–Trinajstić information content (AvgIpc) is 2.53. The van der Waals surface area contributed by atoms with Gasteiger partial charge in [-0.3, -0.25) is 9.59 Å². The molecular formula is C17H24O6. The van der Waals surface area contributed by atoms with Gasteiger partial charge in [0.1, 0.15) is 18.1 Å². The molecule has 0 N–H and O–H groups in total. The van der Waals surface area contributed by atoms with E-state index in [1.165, 1.54) is 6.92 Å². The summed E-state index contributed by atoms with van der Waals surface area (Å²) < 4.78 is 21.0. The summed E-state index contributed by atoms with van der Waals surface area (Å²) in [5.41, 5.74) is 0.511. The van der Waals surface area contributed by atoms with Gasteiger partial charge in [-0.2, -0.15) is 0 Å². The van der Waals surface area contributed by atoms with Crippen LogP contribution in [0.3, 0.4) is 0 Å². The number of Topliss-reactive ketones (excluding diaryl/α,β-unsaturated/α-hetero) is 2. The first kappa shape index (κ1) is 19.3. The maximum Gasteiger partial charge on any atom is 0.170 e. The van der Waals surface area contributed by atoms with Crippen molar-refractivity contribution in [1.82, 2.24) is 0 Å². The SMILES string of the molecule is COCCOCCOCCOc1ccc(C(=O)CC(C)=O)cc1. The van der Waals surface area contributed by atoms with Crippen LogP contribution < -0.4 is 4.74 Å². The number of ether oxygens (including phenoxy) is 4. The molecule has 6 heteroatoms. The minimum Gasteiger partial charge on any atom is -0.491 e. The maximum absolute atomic E-state index is 11.7. The standard InChI is InChI=1S/C17H24O6/c1-14(18)13-17(19)15-3-5-16(6-4-15)23-12-11-22-10-9-21-8-7-20-2/h3-6H,7-13H2,1-2H3. The van der Waals surface area contributed by atoms with Gasteiger partial charge in [0.15, 0.2) is 5.78 Å². The molecule has 0 spiro atoms. The summed E-state index contributed by atoms with van der Waals surface area (Å²) in [6.07, 6.45) is -0.0690. The number of ketones is 2. The quantitative estimate of drug-likeness (QED) is 0.313. The van der Waals surface area contributed by atoms with E-state index in [1.54, 1.807) is 31.4 Å². The highest BCUT2D eigenvalue weighted by Crippen LogP contribution is 2.13. The topological polar surface area (TPSA) is 71.1 Å². The number of carbonyl (C=O) groups is 2. The van der Waals surface area contributed by atoms with Crippen molar-refractivity contribution in [2.24, 2.45) is 0 Å². The van der Waals surface area contributed by atoms with E-state index in [0.29, 0.717) is 51.0 Å². The van der Waals surface area contributed by atoms with Gasteiger partial charge >= 0.3 is 0 Å². The number of hydrogen-bond acceptors (Lipinski definition) is 6. The smallest absolute Gasteiger partial charge is 0.170 e. The lowest BCUT2D eigenvalue weighted by atomic mass is 10.1. The molecule has 0 aliphatic rings. The van der Waals surface area contributed by atoms with Crippen molar-refractivity contribution in [2.75, 3.05) is 46.8 Å². The van der Waals surface area contributed by atoms with E-state index in [2.05, 4.69) is 0 Å². The summed E-state index contributed by atoms with van der Waals surface area (Å²) in [5, 5.41) is 0. The van der Waals surface area contributed by atoms with Crippen LogP contribution in [0.1, 0.15) is 23.7 Å². The van der Waals surface area contributed by atoms with Crippen molar-refractivity contribution >= 4 is 11.6 Å². The minimum absolute atomic E-state index is 0.0690. The van der Waals surface area contributed by atoms with E-state index in [9.17, 15) is 9.59 Å². The van der Waals surface area contributed by atoms with Gasteiger partial charge in [-0.1, -0.05) is 0 Å². The van der Waals surface area contributed by atoms with E-state index in [0.717, 1.165) is 0 Å². The Kier molecular flexibility index (Phi) is 9.86. The molecule has 1 aromatic carbocycles. The summed E-state index contributed by atoms with van der Waals surface area (Å²) in [4.78, 5) is 22.6. The van der Waals surface area contributed by atoms with Gasteiger partial charge in [0.2, 0.25) is 0 Å². The highest BCUT2D eigenvalue weighted by Gasteiger charge is 2.08. The second-order valence-electron chi connectivity index (χ2n) is 4.89. The summed E-state index contributed by atoms with van der Waals surface area (Å²) >= 11 is 0. The van der Waals surface area contributed by atoms with Crippen molar-refractivity contribution in [3.63, 3.8) is 0 Å². The van der Waals surface area contributed by atoms with Gasteiger partial charge < -0.3 is 18.9 Å². The third-order valence-electron chi connectivity index (χ3n) is 2.89. The molecule has 0 aromatic heterocycles. The van der Waals surface area contributed by atoms with Crippen molar-refractivity contribution < 1.29 is 28.5 Å². The predicted molar refractivity (Wildman–Crippen MR) is 85.1 cm³/mol. The molecule has 0 aliphatic heterocycles. The van der Waals surface area contributed by atoms with Crippen LogP contribution in [0.15, 0.2) is 24.3 Å². The Balaban J connectivity index is 2.14. The van der Waals surface area contributed by atoms with E-state index >= 15 is 0 Å². The van der Waals surface area contributed by atoms with Crippen LogP contribution >= 0.6 is 0 Å². The molecule has 1 rings (SSSR count). The summed E-state index contributed by atoms with van der Waals surface area (Å²) in [5.74, 6) is 0.337. The van der Waals surface area contributed by atoms with Gasteiger partial charge in [0.05, 0.1) is 39.5 Å². The van der Waals surface area contributed by atoms with Crippen LogP contribution in [0.5, 0.6) is 5.75 Å². The average molecular weight is 324 g/mol. The third-order valence-corrected chi connectivity index (χ3v) is 2.89.